The third kappa shape index (κ3) is 2.67. The average molecular weight is 224 g/mol. The molecule has 15 heavy (non-hydrogen) atoms. The molecular weight excluding hydrogens is 210 g/mol. The summed E-state index contributed by atoms with van der Waals surface area (Å²) in [6.45, 7) is 0.227. The SMILES string of the molecule is Cl.OCCCc1nccc2ccccc12. The van der Waals surface area contributed by atoms with Crippen LogP contribution in [0.1, 0.15) is 12.1 Å². The van der Waals surface area contributed by atoms with Crippen molar-refractivity contribution in [3.63, 3.8) is 0 Å². The number of hydrogen-bond acceptors (Lipinski definition) is 2. The molecule has 0 saturated heterocycles. The lowest BCUT2D eigenvalue weighted by molar-refractivity contribution is 0.288. The van der Waals surface area contributed by atoms with Crippen molar-refractivity contribution < 1.29 is 5.11 Å². The summed E-state index contributed by atoms with van der Waals surface area (Å²) in [7, 11) is 0. The molecule has 0 radical (unpaired) electrons. The van der Waals surface area contributed by atoms with E-state index in [1.54, 1.807) is 0 Å². The molecule has 2 rings (SSSR count). The third-order valence-electron chi connectivity index (χ3n) is 2.33. The zero-order valence-electron chi connectivity index (χ0n) is 8.39. The van der Waals surface area contributed by atoms with E-state index in [-0.39, 0.29) is 19.0 Å². The van der Waals surface area contributed by atoms with Crippen molar-refractivity contribution in [2.75, 3.05) is 6.61 Å². The van der Waals surface area contributed by atoms with E-state index in [1.807, 2.05) is 24.4 Å². The van der Waals surface area contributed by atoms with Crippen LogP contribution in [-0.2, 0) is 6.42 Å². The minimum Gasteiger partial charge on any atom is -0.396 e. The van der Waals surface area contributed by atoms with Gasteiger partial charge in [-0.25, -0.2) is 0 Å². The van der Waals surface area contributed by atoms with Gasteiger partial charge in [-0.1, -0.05) is 24.3 Å². The van der Waals surface area contributed by atoms with Crippen LogP contribution < -0.4 is 0 Å². The molecule has 0 fully saturated rings. The van der Waals surface area contributed by atoms with E-state index >= 15 is 0 Å². The second kappa shape index (κ2) is 5.69. The quantitative estimate of drug-likeness (QED) is 0.868. The molecule has 2 aromatic rings. The molecule has 0 atom stereocenters. The van der Waals surface area contributed by atoms with Gasteiger partial charge in [0.15, 0.2) is 0 Å². The largest absolute Gasteiger partial charge is 0.396 e. The number of benzene rings is 1. The Morgan fingerprint density at radius 2 is 1.93 bits per heavy atom. The van der Waals surface area contributed by atoms with Gasteiger partial charge in [-0.15, -0.1) is 12.4 Å². The molecule has 0 bridgehead atoms. The van der Waals surface area contributed by atoms with E-state index in [4.69, 9.17) is 5.11 Å². The fourth-order valence-corrected chi connectivity index (χ4v) is 1.63. The Kier molecular flexibility index (Phi) is 4.53. The maximum Gasteiger partial charge on any atom is 0.0482 e. The highest BCUT2D eigenvalue weighted by Crippen LogP contribution is 2.17. The molecule has 1 N–H and O–H groups in total. The maximum absolute atomic E-state index is 8.77. The van der Waals surface area contributed by atoms with Crippen molar-refractivity contribution in [1.29, 1.82) is 0 Å². The van der Waals surface area contributed by atoms with Crippen molar-refractivity contribution >= 4 is 23.2 Å². The average Bonchev–Trinajstić information content (AvgIpc) is 2.26. The number of hydrogen-bond donors (Lipinski definition) is 1. The summed E-state index contributed by atoms with van der Waals surface area (Å²) in [5, 5.41) is 11.2. The van der Waals surface area contributed by atoms with E-state index in [1.165, 1.54) is 10.8 Å². The zero-order valence-corrected chi connectivity index (χ0v) is 9.20. The summed E-state index contributed by atoms with van der Waals surface area (Å²) < 4.78 is 0. The summed E-state index contributed by atoms with van der Waals surface area (Å²) in [5.41, 5.74) is 1.08. The lowest BCUT2D eigenvalue weighted by Crippen LogP contribution is -1.93. The topological polar surface area (TPSA) is 33.1 Å². The first-order valence-electron chi connectivity index (χ1n) is 4.85. The summed E-state index contributed by atoms with van der Waals surface area (Å²) in [5.74, 6) is 0. The van der Waals surface area contributed by atoms with Gasteiger partial charge in [0.1, 0.15) is 0 Å². The molecule has 2 nitrogen and oxygen atoms in total. The molecule has 0 spiro atoms. The molecule has 0 aliphatic carbocycles. The molecule has 1 heterocycles. The lowest BCUT2D eigenvalue weighted by Gasteiger charge is -2.03. The van der Waals surface area contributed by atoms with Gasteiger partial charge in [-0.3, -0.25) is 4.98 Å². The summed E-state index contributed by atoms with van der Waals surface area (Å²) in [6, 6.07) is 10.2. The highest BCUT2D eigenvalue weighted by molar-refractivity contribution is 5.85. The van der Waals surface area contributed by atoms with E-state index in [2.05, 4.69) is 17.1 Å². The molecule has 0 aliphatic rings. The molecule has 1 aromatic heterocycles. The van der Waals surface area contributed by atoms with Crippen molar-refractivity contribution in [2.45, 2.75) is 12.8 Å². The van der Waals surface area contributed by atoms with Crippen LogP contribution in [0.2, 0.25) is 0 Å². The first kappa shape index (κ1) is 12.0. The van der Waals surface area contributed by atoms with Crippen LogP contribution in [0.15, 0.2) is 36.5 Å². The number of aryl methyl sites for hydroxylation is 1. The minimum absolute atomic E-state index is 0. The van der Waals surface area contributed by atoms with E-state index < -0.39 is 0 Å². The summed E-state index contributed by atoms with van der Waals surface area (Å²) in [6.07, 6.45) is 3.45. The van der Waals surface area contributed by atoms with Crippen molar-refractivity contribution in [3.05, 3.63) is 42.2 Å². The predicted molar refractivity (Wildman–Crippen MR) is 64.4 cm³/mol. The smallest absolute Gasteiger partial charge is 0.0482 e. The van der Waals surface area contributed by atoms with Crippen LogP contribution in [0.4, 0.5) is 0 Å². The van der Waals surface area contributed by atoms with Crippen LogP contribution in [0.3, 0.4) is 0 Å². The third-order valence-corrected chi connectivity index (χ3v) is 2.33. The van der Waals surface area contributed by atoms with Gasteiger partial charge in [-0.2, -0.15) is 0 Å². The van der Waals surface area contributed by atoms with Crippen LogP contribution in [-0.4, -0.2) is 16.7 Å². The number of aromatic nitrogens is 1. The minimum atomic E-state index is 0. The number of rotatable bonds is 3. The molecule has 3 heteroatoms. The number of halogens is 1. The Bertz CT molecular complexity index is 425. The Hall–Kier alpha value is -1.12. The van der Waals surface area contributed by atoms with Gasteiger partial charge in [0.2, 0.25) is 0 Å². The molecule has 0 saturated carbocycles. The highest BCUT2D eigenvalue weighted by atomic mass is 35.5. The standard InChI is InChI=1S/C12H13NO.ClH/c14-9-3-6-12-11-5-2-1-4-10(11)7-8-13-12;/h1-2,4-5,7-8,14H,3,6,9H2;1H. The molecule has 0 unspecified atom stereocenters. The highest BCUT2D eigenvalue weighted by Gasteiger charge is 2.00. The fraction of sp³-hybridized carbons (Fsp3) is 0.250. The lowest BCUT2D eigenvalue weighted by atomic mass is 10.1. The Morgan fingerprint density at radius 3 is 2.73 bits per heavy atom. The Morgan fingerprint density at radius 1 is 1.13 bits per heavy atom. The Balaban J connectivity index is 0.00000112. The van der Waals surface area contributed by atoms with Crippen LogP contribution in [0.25, 0.3) is 10.8 Å². The van der Waals surface area contributed by atoms with Gasteiger partial charge >= 0.3 is 0 Å². The normalized spacial score (nSPS) is 9.93. The number of aliphatic hydroxyl groups excluding tert-OH is 1. The molecular formula is C12H14ClNO. The van der Waals surface area contributed by atoms with Gasteiger partial charge in [0.05, 0.1) is 0 Å². The monoisotopic (exact) mass is 223 g/mol. The fourth-order valence-electron chi connectivity index (χ4n) is 1.63. The first-order chi connectivity index (χ1) is 6.92. The number of aliphatic hydroxyl groups is 1. The summed E-state index contributed by atoms with van der Waals surface area (Å²) >= 11 is 0. The molecule has 0 amide bonds. The molecule has 0 aliphatic heterocycles. The van der Waals surface area contributed by atoms with Gasteiger partial charge in [-0.05, 0) is 24.3 Å². The first-order valence-corrected chi connectivity index (χ1v) is 4.85. The van der Waals surface area contributed by atoms with Gasteiger partial charge < -0.3 is 5.11 Å². The van der Waals surface area contributed by atoms with Crippen molar-refractivity contribution in [3.8, 4) is 0 Å². The van der Waals surface area contributed by atoms with E-state index in [0.717, 1.165) is 18.5 Å². The molecule has 1 aromatic carbocycles. The number of fused-ring (bicyclic) bond motifs is 1. The van der Waals surface area contributed by atoms with Crippen LogP contribution >= 0.6 is 12.4 Å². The Labute approximate surface area is 95.4 Å². The van der Waals surface area contributed by atoms with Crippen molar-refractivity contribution in [2.24, 2.45) is 0 Å². The van der Waals surface area contributed by atoms with Gasteiger partial charge in [0, 0.05) is 23.9 Å². The second-order valence-electron chi connectivity index (χ2n) is 3.31. The second-order valence-corrected chi connectivity index (χ2v) is 3.31. The van der Waals surface area contributed by atoms with Crippen molar-refractivity contribution in [1.82, 2.24) is 4.98 Å². The van der Waals surface area contributed by atoms with Crippen LogP contribution in [0, 0.1) is 0 Å². The number of pyridine rings is 1. The van der Waals surface area contributed by atoms with Crippen LogP contribution in [0.5, 0.6) is 0 Å². The number of nitrogens with zero attached hydrogens (tertiary/aromatic N) is 1. The maximum atomic E-state index is 8.77. The molecule has 80 valence electrons. The summed E-state index contributed by atoms with van der Waals surface area (Å²) in [4.78, 5) is 4.33. The van der Waals surface area contributed by atoms with E-state index in [0.29, 0.717) is 0 Å². The predicted octanol–water partition coefficient (Wildman–Crippen LogP) is 2.58. The van der Waals surface area contributed by atoms with E-state index in [9.17, 15) is 0 Å². The zero-order chi connectivity index (χ0) is 9.80. The van der Waals surface area contributed by atoms with Gasteiger partial charge in [0.25, 0.3) is 0 Å².